The number of fused-ring (bicyclic) bond motifs is 1. The van der Waals surface area contributed by atoms with E-state index < -0.39 is 9.84 Å². The molecule has 1 saturated heterocycles. The molecular weight excluding hydrogens is 454 g/mol. The monoisotopic (exact) mass is 475 g/mol. The van der Waals surface area contributed by atoms with Crippen molar-refractivity contribution in [3.8, 4) is 0 Å². The van der Waals surface area contributed by atoms with Gasteiger partial charge in [-0.15, -0.1) is 0 Å². The molecule has 0 spiro atoms. The van der Waals surface area contributed by atoms with Crippen LogP contribution < -0.4 is 0 Å². The number of carbonyl (C=O) groups excluding carboxylic acids is 1. The lowest BCUT2D eigenvalue weighted by atomic mass is 10.1. The molecule has 1 unspecified atom stereocenters. The molecule has 3 aromatic rings. The zero-order chi connectivity index (χ0) is 20.8. The quantitative estimate of drug-likeness (QED) is 0.550. The van der Waals surface area contributed by atoms with Crippen LogP contribution in [0.25, 0.3) is 11.0 Å². The first-order valence-electron chi connectivity index (χ1n) is 9.49. The van der Waals surface area contributed by atoms with Gasteiger partial charge in [0, 0.05) is 28.0 Å². The Morgan fingerprint density at radius 2 is 2.00 bits per heavy atom. The van der Waals surface area contributed by atoms with Gasteiger partial charge >= 0.3 is 0 Å². The largest absolute Gasteiger partial charge is 0.451 e. The van der Waals surface area contributed by atoms with E-state index in [1.807, 2.05) is 56.3 Å². The van der Waals surface area contributed by atoms with Crippen LogP contribution >= 0.6 is 15.9 Å². The minimum Gasteiger partial charge on any atom is -0.451 e. The minimum absolute atomic E-state index is 0.00880. The van der Waals surface area contributed by atoms with Crippen molar-refractivity contribution in [1.82, 2.24) is 4.90 Å². The van der Waals surface area contributed by atoms with Gasteiger partial charge in [-0.2, -0.15) is 0 Å². The Balaban J connectivity index is 1.74. The van der Waals surface area contributed by atoms with Crippen LogP contribution in [0, 0.1) is 13.8 Å². The Labute approximate surface area is 178 Å². The maximum Gasteiger partial charge on any atom is 0.290 e. The van der Waals surface area contributed by atoms with Crippen molar-refractivity contribution in [2.24, 2.45) is 0 Å². The van der Waals surface area contributed by atoms with Crippen LogP contribution in [0.5, 0.6) is 0 Å². The van der Waals surface area contributed by atoms with Crippen molar-refractivity contribution in [2.45, 2.75) is 32.9 Å². The van der Waals surface area contributed by atoms with Gasteiger partial charge in [-0.05, 0) is 49.6 Å². The van der Waals surface area contributed by atoms with E-state index in [4.69, 9.17) is 4.42 Å². The molecule has 0 saturated carbocycles. The van der Waals surface area contributed by atoms with E-state index in [-0.39, 0.29) is 29.2 Å². The van der Waals surface area contributed by atoms with Crippen molar-refractivity contribution in [3.05, 3.63) is 69.4 Å². The number of aryl methyl sites for hydroxylation is 2. The number of nitrogens with zero attached hydrogens (tertiary/aromatic N) is 1. The van der Waals surface area contributed by atoms with Crippen molar-refractivity contribution in [3.63, 3.8) is 0 Å². The van der Waals surface area contributed by atoms with Crippen LogP contribution in [0.4, 0.5) is 0 Å². The second kappa shape index (κ2) is 7.61. The molecule has 0 radical (unpaired) electrons. The zero-order valence-corrected chi connectivity index (χ0v) is 18.7. The summed E-state index contributed by atoms with van der Waals surface area (Å²) in [7, 11) is -3.13. The van der Waals surface area contributed by atoms with Crippen LogP contribution in [0.15, 0.2) is 51.4 Å². The summed E-state index contributed by atoms with van der Waals surface area (Å²) < 4.78 is 31.0. The first-order valence-corrected chi connectivity index (χ1v) is 12.1. The number of carbonyl (C=O) groups is 1. The SMILES string of the molecule is Cc1ccc2c(C)c(C(=O)N(Cc3cccc(Br)c3)C3CCS(=O)(=O)C3)oc2c1. The minimum atomic E-state index is -3.13. The summed E-state index contributed by atoms with van der Waals surface area (Å²) in [6.45, 7) is 4.17. The van der Waals surface area contributed by atoms with Gasteiger partial charge in [0.25, 0.3) is 5.91 Å². The van der Waals surface area contributed by atoms with Gasteiger partial charge in [0.05, 0.1) is 11.5 Å². The fraction of sp³-hybridized carbons (Fsp3) is 0.318. The average Bonchev–Trinajstić information content (AvgIpc) is 3.18. The molecule has 1 aromatic heterocycles. The van der Waals surface area contributed by atoms with E-state index in [1.54, 1.807) is 4.90 Å². The molecule has 1 aliphatic heterocycles. The van der Waals surface area contributed by atoms with E-state index in [0.29, 0.717) is 18.5 Å². The van der Waals surface area contributed by atoms with Crippen LogP contribution in [0.3, 0.4) is 0 Å². The Bertz CT molecular complexity index is 1200. The fourth-order valence-corrected chi connectivity index (χ4v) is 6.06. The number of sulfone groups is 1. The number of hydrogen-bond donors (Lipinski definition) is 0. The van der Waals surface area contributed by atoms with Gasteiger partial charge in [-0.1, -0.05) is 40.2 Å². The van der Waals surface area contributed by atoms with Crippen LogP contribution in [-0.2, 0) is 16.4 Å². The highest BCUT2D eigenvalue weighted by Gasteiger charge is 2.36. The van der Waals surface area contributed by atoms with Crippen molar-refractivity contribution in [2.75, 3.05) is 11.5 Å². The normalized spacial score (nSPS) is 18.2. The van der Waals surface area contributed by atoms with Gasteiger partial charge in [0.2, 0.25) is 0 Å². The first kappa shape index (κ1) is 20.2. The molecule has 152 valence electrons. The third-order valence-electron chi connectivity index (χ3n) is 5.44. The Kier molecular flexibility index (Phi) is 5.29. The predicted molar refractivity (Wildman–Crippen MR) is 117 cm³/mol. The van der Waals surface area contributed by atoms with Gasteiger partial charge < -0.3 is 9.32 Å². The highest BCUT2D eigenvalue weighted by molar-refractivity contribution is 9.10. The molecule has 1 fully saturated rings. The summed E-state index contributed by atoms with van der Waals surface area (Å²) in [6.07, 6.45) is 0.445. The zero-order valence-electron chi connectivity index (χ0n) is 16.3. The number of benzene rings is 2. The molecule has 2 aromatic carbocycles. The van der Waals surface area contributed by atoms with E-state index in [0.717, 1.165) is 26.5 Å². The number of hydrogen-bond acceptors (Lipinski definition) is 4. The predicted octanol–water partition coefficient (Wildman–Crippen LogP) is 4.64. The van der Waals surface area contributed by atoms with Crippen LogP contribution in [-0.4, -0.2) is 36.8 Å². The van der Waals surface area contributed by atoms with Gasteiger partial charge in [-0.3, -0.25) is 4.79 Å². The summed E-state index contributed by atoms with van der Waals surface area (Å²) in [5.41, 5.74) is 3.44. The van der Waals surface area contributed by atoms with E-state index in [9.17, 15) is 13.2 Å². The number of amides is 1. The molecule has 4 rings (SSSR count). The second-order valence-electron chi connectivity index (χ2n) is 7.68. The van der Waals surface area contributed by atoms with Crippen LogP contribution in [0.2, 0.25) is 0 Å². The van der Waals surface area contributed by atoms with Crippen molar-refractivity contribution in [1.29, 1.82) is 0 Å². The molecule has 1 aliphatic rings. The van der Waals surface area contributed by atoms with E-state index in [1.165, 1.54) is 0 Å². The summed E-state index contributed by atoms with van der Waals surface area (Å²) in [4.78, 5) is 15.2. The molecule has 1 amide bonds. The van der Waals surface area contributed by atoms with Gasteiger partial charge in [0.15, 0.2) is 15.6 Å². The molecule has 5 nitrogen and oxygen atoms in total. The second-order valence-corrected chi connectivity index (χ2v) is 10.8. The third-order valence-corrected chi connectivity index (χ3v) is 7.68. The lowest BCUT2D eigenvalue weighted by Gasteiger charge is -2.28. The average molecular weight is 476 g/mol. The maximum atomic E-state index is 13.5. The first-order chi connectivity index (χ1) is 13.7. The van der Waals surface area contributed by atoms with Gasteiger partial charge in [-0.25, -0.2) is 8.42 Å². The number of furan rings is 1. The summed E-state index contributed by atoms with van der Waals surface area (Å²) >= 11 is 3.46. The lowest BCUT2D eigenvalue weighted by molar-refractivity contribution is 0.0649. The molecule has 0 N–H and O–H groups in total. The highest BCUT2D eigenvalue weighted by atomic mass is 79.9. The summed E-state index contributed by atoms with van der Waals surface area (Å²) in [6, 6.07) is 13.2. The van der Waals surface area contributed by atoms with E-state index in [2.05, 4.69) is 15.9 Å². The Hall–Kier alpha value is -2.12. The van der Waals surface area contributed by atoms with Gasteiger partial charge in [0.1, 0.15) is 5.58 Å². The van der Waals surface area contributed by atoms with Crippen molar-refractivity contribution < 1.29 is 17.6 Å². The smallest absolute Gasteiger partial charge is 0.290 e. The Morgan fingerprint density at radius 1 is 1.21 bits per heavy atom. The maximum absolute atomic E-state index is 13.5. The molecule has 1 atom stereocenters. The standard InChI is InChI=1S/C22H22BrNO4S/c1-14-6-7-19-15(2)21(28-20(19)10-14)22(25)24(18-8-9-29(26,27)13-18)12-16-4-3-5-17(23)11-16/h3-7,10-11,18H,8-9,12-13H2,1-2H3. The molecular formula is C22H22BrNO4S. The number of rotatable bonds is 4. The molecule has 2 heterocycles. The third kappa shape index (κ3) is 4.12. The summed E-state index contributed by atoms with van der Waals surface area (Å²) in [5.74, 6) is 0.118. The Morgan fingerprint density at radius 3 is 2.69 bits per heavy atom. The van der Waals surface area contributed by atoms with E-state index >= 15 is 0 Å². The molecule has 0 bridgehead atoms. The van der Waals surface area contributed by atoms with Crippen LogP contribution in [0.1, 0.15) is 33.7 Å². The molecule has 7 heteroatoms. The van der Waals surface area contributed by atoms with Crippen molar-refractivity contribution >= 4 is 42.6 Å². The molecule has 0 aliphatic carbocycles. The topological polar surface area (TPSA) is 67.6 Å². The number of halogens is 1. The fourth-order valence-electron chi connectivity index (χ4n) is 3.89. The lowest BCUT2D eigenvalue weighted by Crippen LogP contribution is -2.40. The summed E-state index contributed by atoms with van der Waals surface area (Å²) in [5, 5.41) is 0.903. The highest BCUT2D eigenvalue weighted by Crippen LogP contribution is 2.30. The molecule has 29 heavy (non-hydrogen) atoms.